The zero-order chi connectivity index (χ0) is 14.6. The molecular formula is C12H20BrN3O2S2. The molecule has 1 aromatic heterocycles. The number of sulfonamides is 1. The molecule has 8 heteroatoms. The van der Waals surface area contributed by atoms with Gasteiger partial charge in [-0.05, 0) is 47.4 Å². The highest BCUT2D eigenvalue weighted by Crippen LogP contribution is 2.27. The fourth-order valence-electron chi connectivity index (χ4n) is 2.12. The summed E-state index contributed by atoms with van der Waals surface area (Å²) in [6, 6.07) is 1.75. The molecule has 1 N–H and O–H groups in total. The summed E-state index contributed by atoms with van der Waals surface area (Å²) in [6.07, 6.45) is 0.839. The Hall–Kier alpha value is 0.01000. The third-order valence-corrected chi connectivity index (χ3v) is 7.50. The largest absolute Gasteiger partial charge is 0.304 e. The molecule has 1 fully saturated rings. The van der Waals surface area contributed by atoms with Crippen LogP contribution in [0.3, 0.4) is 0 Å². The maximum absolute atomic E-state index is 12.1. The second-order valence-electron chi connectivity index (χ2n) is 4.95. The second kappa shape index (κ2) is 7.33. The molecule has 0 unspecified atom stereocenters. The summed E-state index contributed by atoms with van der Waals surface area (Å²) < 4.78 is 27.8. The van der Waals surface area contributed by atoms with Gasteiger partial charge in [-0.2, -0.15) is 0 Å². The summed E-state index contributed by atoms with van der Waals surface area (Å²) in [5, 5.41) is 1.77. The molecule has 0 spiro atoms. The Morgan fingerprint density at radius 2 is 2.05 bits per heavy atom. The van der Waals surface area contributed by atoms with Crippen LogP contribution in [0.25, 0.3) is 0 Å². The number of thiophene rings is 1. The van der Waals surface area contributed by atoms with Crippen molar-refractivity contribution in [1.29, 1.82) is 0 Å². The van der Waals surface area contributed by atoms with Crippen molar-refractivity contribution in [3.05, 3.63) is 15.9 Å². The maximum atomic E-state index is 12.1. The molecule has 20 heavy (non-hydrogen) atoms. The molecule has 0 radical (unpaired) electrons. The molecule has 2 heterocycles. The van der Waals surface area contributed by atoms with E-state index in [2.05, 4.69) is 37.5 Å². The van der Waals surface area contributed by atoms with E-state index in [-0.39, 0.29) is 0 Å². The fraction of sp³-hybridized carbons (Fsp3) is 0.667. The first-order chi connectivity index (χ1) is 9.49. The van der Waals surface area contributed by atoms with E-state index in [0.29, 0.717) is 15.2 Å². The van der Waals surface area contributed by atoms with Crippen molar-refractivity contribution in [1.82, 2.24) is 14.5 Å². The van der Waals surface area contributed by atoms with Gasteiger partial charge in [0, 0.05) is 37.2 Å². The van der Waals surface area contributed by atoms with Gasteiger partial charge in [0.15, 0.2) is 0 Å². The van der Waals surface area contributed by atoms with Crippen molar-refractivity contribution in [2.75, 3.05) is 46.3 Å². The van der Waals surface area contributed by atoms with E-state index in [1.807, 2.05) is 0 Å². The van der Waals surface area contributed by atoms with E-state index in [1.54, 1.807) is 11.4 Å². The van der Waals surface area contributed by atoms with Crippen LogP contribution >= 0.6 is 27.3 Å². The molecule has 0 bridgehead atoms. The number of likely N-dealkylation sites (N-methyl/N-ethyl adjacent to an activating group) is 1. The molecule has 114 valence electrons. The van der Waals surface area contributed by atoms with Crippen LogP contribution in [0.5, 0.6) is 0 Å². The summed E-state index contributed by atoms with van der Waals surface area (Å²) in [7, 11) is -1.24. The third kappa shape index (κ3) is 4.51. The first kappa shape index (κ1) is 16.4. The minimum absolute atomic E-state index is 0.358. The molecule has 2 rings (SSSR count). The van der Waals surface area contributed by atoms with Crippen LogP contribution in [0.15, 0.2) is 20.1 Å². The fourth-order valence-corrected chi connectivity index (χ4v) is 5.57. The van der Waals surface area contributed by atoms with E-state index in [9.17, 15) is 8.42 Å². The molecule has 0 aromatic carbocycles. The smallest absolute Gasteiger partial charge is 0.251 e. The lowest BCUT2D eigenvalue weighted by molar-refractivity contribution is 0.153. The standard InChI is InChI=1S/C12H20BrN3O2S2/c1-15-6-8-16(9-7-15)5-2-4-14-20(17,18)12-11(13)3-10-19-12/h3,10,14H,2,4-9H2,1H3. The quantitative estimate of drug-likeness (QED) is 0.757. The van der Waals surface area contributed by atoms with Crippen LogP contribution in [0.2, 0.25) is 0 Å². The summed E-state index contributed by atoms with van der Waals surface area (Å²) in [5.41, 5.74) is 0. The zero-order valence-corrected chi connectivity index (χ0v) is 14.7. The van der Waals surface area contributed by atoms with Crippen molar-refractivity contribution in [3.63, 3.8) is 0 Å². The van der Waals surface area contributed by atoms with Gasteiger partial charge in [0.2, 0.25) is 0 Å². The number of hydrogen-bond donors (Lipinski definition) is 1. The number of hydrogen-bond acceptors (Lipinski definition) is 5. The van der Waals surface area contributed by atoms with Crippen molar-refractivity contribution >= 4 is 37.3 Å². The predicted molar refractivity (Wildman–Crippen MR) is 85.8 cm³/mol. The van der Waals surface area contributed by atoms with Crippen LogP contribution in [0, 0.1) is 0 Å². The Balaban J connectivity index is 1.72. The average molecular weight is 382 g/mol. The van der Waals surface area contributed by atoms with Gasteiger partial charge in [0.1, 0.15) is 4.21 Å². The lowest BCUT2D eigenvalue weighted by atomic mass is 10.3. The van der Waals surface area contributed by atoms with Gasteiger partial charge in [0.05, 0.1) is 0 Å². The summed E-state index contributed by atoms with van der Waals surface area (Å²) in [5.74, 6) is 0. The maximum Gasteiger partial charge on any atom is 0.251 e. The Morgan fingerprint density at radius 3 is 2.65 bits per heavy atom. The predicted octanol–water partition coefficient (Wildman–Crippen LogP) is 1.43. The van der Waals surface area contributed by atoms with E-state index >= 15 is 0 Å². The Kier molecular flexibility index (Phi) is 6.00. The SMILES string of the molecule is CN1CCN(CCCNS(=O)(=O)c2sccc2Br)CC1. The van der Waals surface area contributed by atoms with E-state index in [4.69, 9.17) is 0 Å². The van der Waals surface area contributed by atoms with Gasteiger partial charge < -0.3 is 9.80 Å². The average Bonchev–Trinajstić information content (AvgIpc) is 2.84. The van der Waals surface area contributed by atoms with Gasteiger partial charge in [-0.15, -0.1) is 11.3 Å². The highest BCUT2D eigenvalue weighted by molar-refractivity contribution is 9.10. The first-order valence-electron chi connectivity index (χ1n) is 6.62. The molecule has 1 aromatic rings. The van der Waals surface area contributed by atoms with Crippen LogP contribution < -0.4 is 4.72 Å². The van der Waals surface area contributed by atoms with Crippen molar-refractivity contribution in [2.45, 2.75) is 10.6 Å². The topological polar surface area (TPSA) is 52.6 Å². The number of rotatable bonds is 6. The lowest BCUT2D eigenvalue weighted by Gasteiger charge is -2.32. The van der Waals surface area contributed by atoms with Gasteiger partial charge in [-0.3, -0.25) is 0 Å². The van der Waals surface area contributed by atoms with Gasteiger partial charge in [0.25, 0.3) is 10.0 Å². The number of nitrogens with one attached hydrogen (secondary N) is 1. The molecule has 0 amide bonds. The third-order valence-electron chi connectivity index (χ3n) is 3.37. The van der Waals surface area contributed by atoms with Crippen molar-refractivity contribution in [3.8, 4) is 0 Å². The molecule has 1 aliphatic rings. The van der Waals surface area contributed by atoms with Crippen LogP contribution in [0.4, 0.5) is 0 Å². The molecule has 0 aliphatic carbocycles. The normalized spacial score (nSPS) is 18.5. The van der Waals surface area contributed by atoms with Gasteiger partial charge >= 0.3 is 0 Å². The minimum atomic E-state index is -3.36. The lowest BCUT2D eigenvalue weighted by Crippen LogP contribution is -2.45. The van der Waals surface area contributed by atoms with Crippen molar-refractivity contribution in [2.24, 2.45) is 0 Å². The van der Waals surface area contributed by atoms with Gasteiger partial charge in [-0.1, -0.05) is 0 Å². The number of halogens is 1. The molecular weight excluding hydrogens is 362 g/mol. The Bertz CT molecular complexity index is 525. The zero-order valence-electron chi connectivity index (χ0n) is 11.5. The van der Waals surface area contributed by atoms with E-state index in [1.165, 1.54) is 11.3 Å². The Morgan fingerprint density at radius 1 is 1.35 bits per heavy atom. The molecule has 0 atom stereocenters. The summed E-state index contributed by atoms with van der Waals surface area (Å²) in [6.45, 7) is 5.75. The van der Waals surface area contributed by atoms with Crippen LogP contribution in [-0.4, -0.2) is 64.5 Å². The van der Waals surface area contributed by atoms with Gasteiger partial charge in [-0.25, -0.2) is 13.1 Å². The van der Waals surface area contributed by atoms with E-state index < -0.39 is 10.0 Å². The minimum Gasteiger partial charge on any atom is -0.304 e. The van der Waals surface area contributed by atoms with Crippen LogP contribution in [0.1, 0.15) is 6.42 Å². The van der Waals surface area contributed by atoms with E-state index in [0.717, 1.165) is 39.1 Å². The highest BCUT2D eigenvalue weighted by atomic mass is 79.9. The van der Waals surface area contributed by atoms with Crippen LogP contribution in [-0.2, 0) is 10.0 Å². The summed E-state index contributed by atoms with van der Waals surface area (Å²) in [4.78, 5) is 4.70. The summed E-state index contributed by atoms with van der Waals surface area (Å²) >= 11 is 4.49. The highest BCUT2D eigenvalue weighted by Gasteiger charge is 2.19. The molecule has 5 nitrogen and oxygen atoms in total. The molecule has 1 saturated heterocycles. The molecule has 1 aliphatic heterocycles. The Labute approximate surface area is 133 Å². The number of piperazine rings is 1. The van der Waals surface area contributed by atoms with Crippen molar-refractivity contribution < 1.29 is 8.42 Å². The second-order valence-corrected chi connectivity index (χ2v) is 8.68. The molecule has 0 saturated carbocycles. The monoisotopic (exact) mass is 381 g/mol. The number of nitrogens with zero attached hydrogens (tertiary/aromatic N) is 2. The first-order valence-corrected chi connectivity index (χ1v) is 9.78.